The van der Waals surface area contributed by atoms with Crippen molar-refractivity contribution in [1.82, 2.24) is 4.90 Å². The largest absolute Gasteiger partial charge is 0.493 e. The van der Waals surface area contributed by atoms with Gasteiger partial charge in [-0.15, -0.1) is 0 Å². The summed E-state index contributed by atoms with van der Waals surface area (Å²) in [6.07, 6.45) is 6.27. The van der Waals surface area contributed by atoms with Crippen LogP contribution in [0.4, 0.5) is 5.69 Å². The molecule has 202 valence electrons. The summed E-state index contributed by atoms with van der Waals surface area (Å²) in [5, 5.41) is 0.488. The van der Waals surface area contributed by atoms with Gasteiger partial charge in [0.25, 0.3) is 5.91 Å². The summed E-state index contributed by atoms with van der Waals surface area (Å²) >= 11 is 6.16. The first-order valence-electron chi connectivity index (χ1n) is 13.3. The molecule has 3 aromatic carbocycles. The van der Waals surface area contributed by atoms with Gasteiger partial charge < -0.3 is 19.1 Å². The van der Waals surface area contributed by atoms with Crippen LogP contribution in [0.5, 0.6) is 17.2 Å². The molecule has 1 atom stereocenters. The molecule has 0 spiro atoms. The summed E-state index contributed by atoms with van der Waals surface area (Å²) in [5.74, 6) is 1.49. The van der Waals surface area contributed by atoms with Crippen LogP contribution in [-0.4, -0.2) is 55.7 Å². The molecule has 2 heterocycles. The van der Waals surface area contributed by atoms with Gasteiger partial charge in [0.05, 0.1) is 43.2 Å². The molecular formula is C31H31ClN2O5. The van der Waals surface area contributed by atoms with Crippen LogP contribution in [0.3, 0.4) is 0 Å². The monoisotopic (exact) mass is 546 g/mol. The number of hydrogen-bond acceptors (Lipinski definition) is 6. The maximum Gasteiger partial charge on any atom is 0.256 e. The first-order chi connectivity index (χ1) is 19.0. The average Bonchev–Trinajstić information content (AvgIpc) is 3.40. The molecule has 1 fully saturated rings. The van der Waals surface area contributed by atoms with Crippen LogP contribution < -0.4 is 14.2 Å². The van der Waals surface area contributed by atoms with Crippen LogP contribution in [0.25, 0.3) is 0 Å². The topological polar surface area (TPSA) is 77.4 Å². The number of carbonyl (C=O) groups excluding carboxylic acids is 2. The summed E-state index contributed by atoms with van der Waals surface area (Å²) in [4.78, 5) is 32.4. The predicted molar refractivity (Wildman–Crippen MR) is 151 cm³/mol. The van der Waals surface area contributed by atoms with Crippen LogP contribution in [0.2, 0.25) is 5.02 Å². The Bertz CT molecular complexity index is 1370. The Balaban J connectivity index is 1.13. The minimum atomic E-state index is -0.123. The number of fused-ring (bicyclic) bond motifs is 2. The standard InChI is InChI=1S/C31H31ClN2O5/c1-37-28-18-24-26(33-20-23-11-8-14-34(23)31(24)36)19-29(28)39-16-7-3-6-15-38-27-13-12-22(32)17-25(27)30(35)21-9-4-2-5-10-21/h2,4-5,9-10,12-13,17-20,23H,3,6-8,11,14-16H2,1H3. The second-order valence-electron chi connectivity index (χ2n) is 9.60. The Kier molecular flexibility index (Phi) is 8.47. The highest BCUT2D eigenvalue weighted by Gasteiger charge is 2.32. The lowest BCUT2D eigenvalue weighted by molar-refractivity contribution is 0.0774. The summed E-state index contributed by atoms with van der Waals surface area (Å²) in [7, 11) is 1.57. The zero-order valence-corrected chi connectivity index (χ0v) is 22.7. The number of aliphatic imine (C=N–C) groups is 1. The third-order valence-corrected chi connectivity index (χ3v) is 7.22. The molecule has 0 aliphatic carbocycles. The SMILES string of the molecule is COc1cc2c(cc1OCCCCCOc1ccc(Cl)cc1C(=O)c1ccccc1)N=CC1CCCN1C2=O. The second kappa shape index (κ2) is 12.3. The molecule has 1 unspecified atom stereocenters. The van der Waals surface area contributed by atoms with Crippen molar-refractivity contribution in [3.63, 3.8) is 0 Å². The van der Waals surface area contributed by atoms with E-state index >= 15 is 0 Å². The molecule has 3 aromatic rings. The molecule has 0 radical (unpaired) electrons. The van der Waals surface area contributed by atoms with Gasteiger partial charge in [0.2, 0.25) is 0 Å². The fraction of sp³-hybridized carbons (Fsp3) is 0.323. The summed E-state index contributed by atoms with van der Waals surface area (Å²) in [5.41, 5.74) is 2.20. The van der Waals surface area contributed by atoms with Crippen molar-refractivity contribution in [2.75, 3.05) is 26.9 Å². The molecule has 0 bridgehead atoms. The van der Waals surface area contributed by atoms with E-state index in [1.165, 1.54) is 0 Å². The smallest absolute Gasteiger partial charge is 0.256 e. The van der Waals surface area contributed by atoms with Crippen LogP contribution >= 0.6 is 11.6 Å². The quantitative estimate of drug-likeness (QED) is 0.202. The molecule has 0 saturated carbocycles. The van der Waals surface area contributed by atoms with Gasteiger partial charge in [0.1, 0.15) is 5.75 Å². The van der Waals surface area contributed by atoms with Crippen LogP contribution in [0.1, 0.15) is 58.4 Å². The molecule has 0 aromatic heterocycles. The van der Waals surface area contributed by atoms with E-state index < -0.39 is 0 Å². The van der Waals surface area contributed by atoms with Gasteiger partial charge in [0.15, 0.2) is 17.3 Å². The van der Waals surface area contributed by atoms with Crippen LogP contribution in [-0.2, 0) is 0 Å². The molecule has 2 aliphatic rings. The highest BCUT2D eigenvalue weighted by molar-refractivity contribution is 6.31. The highest BCUT2D eigenvalue weighted by Crippen LogP contribution is 2.38. The Labute approximate surface area is 233 Å². The summed E-state index contributed by atoms with van der Waals surface area (Å²) < 4.78 is 17.5. The lowest BCUT2D eigenvalue weighted by Gasteiger charge is -2.20. The van der Waals surface area contributed by atoms with Crippen molar-refractivity contribution < 1.29 is 23.8 Å². The van der Waals surface area contributed by atoms with E-state index in [1.54, 1.807) is 49.6 Å². The first kappa shape index (κ1) is 26.8. The first-order valence-corrected chi connectivity index (χ1v) is 13.6. The molecule has 5 rings (SSSR count). The van der Waals surface area contributed by atoms with Crippen LogP contribution in [0, 0.1) is 0 Å². The molecule has 2 aliphatic heterocycles. The number of ketones is 1. The molecule has 8 heteroatoms. The number of benzene rings is 3. The Morgan fingerprint density at radius 1 is 0.974 bits per heavy atom. The van der Waals surface area contributed by atoms with Crippen molar-refractivity contribution in [3.8, 4) is 17.2 Å². The molecule has 0 N–H and O–H groups in total. The number of nitrogens with zero attached hydrogens (tertiary/aromatic N) is 2. The number of ether oxygens (including phenoxy) is 3. The number of halogens is 1. The third kappa shape index (κ3) is 6.09. The summed E-state index contributed by atoms with van der Waals surface area (Å²) in [6.45, 7) is 1.70. The lowest BCUT2D eigenvalue weighted by Crippen LogP contribution is -2.35. The zero-order chi connectivity index (χ0) is 27.2. The average molecular weight is 547 g/mol. The normalized spacial score (nSPS) is 15.9. The number of hydrogen-bond donors (Lipinski definition) is 0. The maximum absolute atomic E-state index is 13.0. The van der Waals surface area contributed by atoms with Crippen molar-refractivity contribution in [3.05, 3.63) is 82.4 Å². The molecular weight excluding hydrogens is 516 g/mol. The lowest BCUT2D eigenvalue weighted by atomic mass is 10.0. The molecule has 7 nitrogen and oxygen atoms in total. The van der Waals surface area contributed by atoms with Crippen molar-refractivity contribution in [2.24, 2.45) is 4.99 Å². The number of rotatable bonds is 11. The number of carbonyl (C=O) groups is 2. The Morgan fingerprint density at radius 2 is 1.74 bits per heavy atom. The van der Waals surface area contributed by atoms with Gasteiger partial charge in [0, 0.05) is 29.4 Å². The number of amides is 1. The van der Waals surface area contributed by atoms with Crippen molar-refractivity contribution in [2.45, 2.75) is 38.1 Å². The van der Waals surface area contributed by atoms with Gasteiger partial charge in [-0.2, -0.15) is 0 Å². The van der Waals surface area contributed by atoms with Gasteiger partial charge in [-0.3, -0.25) is 14.6 Å². The van der Waals surface area contributed by atoms with Gasteiger partial charge in [-0.1, -0.05) is 41.9 Å². The molecule has 1 saturated heterocycles. The maximum atomic E-state index is 13.0. The van der Waals surface area contributed by atoms with E-state index in [0.29, 0.717) is 57.9 Å². The number of unbranched alkanes of at least 4 members (excludes halogenated alkanes) is 2. The highest BCUT2D eigenvalue weighted by atomic mass is 35.5. The Hall–Kier alpha value is -3.84. The minimum absolute atomic E-state index is 0.0100. The fourth-order valence-corrected chi connectivity index (χ4v) is 5.09. The Morgan fingerprint density at radius 3 is 2.51 bits per heavy atom. The number of methoxy groups -OCH3 is 1. The van der Waals surface area contributed by atoms with Crippen molar-refractivity contribution >= 4 is 35.2 Å². The zero-order valence-electron chi connectivity index (χ0n) is 21.9. The third-order valence-electron chi connectivity index (χ3n) is 6.98. The summed E-state index contributed by atoms with van der Waals surface area (Å²) in [6, 6.07) is 17.8. The van der Waals surface area contributed by atoms with Gasteiger partial charge >= 0.3 is 0 Å². The molecule has 39 heavy (non-hydrogen) atoms. The molecule has 1 amide bonds. The van der Waals surface area contributed by atoms with E-state index in [9.17, 15) is 9.59 Å². The predicted octanol–water partition coefficient (Wildman–Crippen LogP) is 6.53. The fourth-order valence-electron chi connectivity index (χ4n) is 4.92. The van der Waals surface area contributed by atoms with E-state index in [-0.39, 0.29) is 17.7 Å². The second-order valence-corrected chi connectivity index (χ2v) is 10.0. The van der Waals surface area contributed by atoms with Crippen LogP contribution in [0.15, 0.2) is 65.7 Å². The minimum Gasteiger partial charge on any atom is -0.493 e. The van der Waals surface area contributed by atoms with E-state index in [0.717, 1.165) is 38.6 Å². The van der Waals surface area contributed by atoms with E-state index in [4.69, 9.17) is 25.8 Å². The van der Waals surface area contributed by atoms with Gasteiger partial charge in [-0.25, -0.2) is 0 Å². The van der Waals surface area contributed by atoms with E-state index in [1.807, 2.05) is 29.3 Å². The van der Waals surface area contributed by atoms with Gasteiger partial charge in [-0.05, 0) is 56.4 Å². The van der Waals surface area contributed by atoms with Crippen molar-refractivity contribution in [1.29, 1.82) is 0 Å². The van der Waals surface area contributed by atoms with E-state index in [2.05, 4.69) is 4.99 Å².